The minimum absolute atomic E-state index is 0.114. The predicted molar refractivity (Wildman–Crippen MR) is 128 cm³/mol. The van der Waals surface area contributed by atoms with Crippen molar-refractivity contribution in [3.05, 3.63) is 76.7 Å². The summed E-state index contributed by atoms with van der Waals surface area (Å²) in [6, 6.07) is 14.3. The standard InChI is InChI=1S/C27H26N2O6/c1-16-4-3-5-17(2)26(16)34-14-22(30)18-6-10-23-21(12-18)29(25(31)15-33-23)13-20-9-11-24(35-20)27(32)28-19-7-8-19/h3-6,9-12,19H,7-8,13-15H2,1-2H3,(H,28,32). The van der Waals surface area contributed by atoms with Gasteiger partial charge in [-0.3, -0.25) is 19.3 Å². The molecule has 1 N–H and O–H groups in total. The molecule has 1 aliphatic heterocycles. The molecule has 1 aliphatic carbocycles. The van der Waals surface area contributed by atoms with Crippen molar-refractivity contribution >= 4 is 23.3 Å². The highest BCUT2D eigenvalue weighted by molar-refractivity contribution is 6.02. The lowest BCUT2D eigenvalue weighted by atomic mass is 10.1. The van der Waals surface area contributed by atoms with Crippen molar-refractivity contribution in [2.24, 2.45) is 0 Å². The maximum Gasteiger partial charge on any atom is 0.287 e. The van der Waals surface area contributed by atoms with E-state index in [1.165, 1.54) is 4.90 Å². The van der Waals surface area contributed by atoms with Gasteiger partial charge in [0, 0.05) is 11.6 Å². The number of carbonyl (C=O) groups excluding carboxylic acids is 3. The molecular weight excluding hydrogens is 448 g/mol. The minimum Gasteiger partial charge on any atom is -0.485 e. The number of furan rings is 1. The van der Waals surface area contributed by atoms with Crippen LogP contribution in [0.2, 0.25) is 0 Å². The van der Waals surface area contributed by atoms with Crippen LogP contribution in [0.3, 0.4) is 0 Å². The van der Waals surface area contributed by atoms with Crippen molar-refractivity contribution in [2.45, 2.75) is 39.3 Å². The summed E-state index contributed by atoms with van der Waals surface area (Å²) < 4.78 is 17.1. The van der Waals surface area contributed by atoms with Gasteiger partial charge in [0.15, 0.2) is 24.8 Å². The van der Waals surface area contributed by atoms with E-state index in [-0.39, 0.29) is 49.2 Å². The van der Waals surface area contributed by atoms with Gasteiger partial charge in [-0.05, 0) is 68.1 Å². The quantitative estimate of drug-likeness (QED) is 0.496. The van der Waals surface area contributed by atoms with Gasteiger partial charge in [0.05, 0.1) is 12.2 Å². The predicted octanol–water partition coefficient (Wildman–Crippen LogP) is 3.98. The number of nitrogens with one attached hydrogen (secondary N) is 1. The summed E-state index contributed by atoms with van der Waals surface area (Å²) in [4.78, 5) is 39.3. The van der Waals surface area contributed by atoms with E-state index in [1.807, 2.05) is 32.0 Å². The zero-order valence-electron chi connectivity index (χ0n) is 19.6. The molecule has 0 bridgehead atoms. The third-order valence-corrected chi connectivity index (χ3v) is 6.09. The molecule has 0 saturated heterocycles. The zero-order valence-corrected chi connectivity index (χ0v) is 19.6. The second kappa shape index (κ2) is 9.29. The molecule has 8 nitrogen and oxygen atoms in total. The minimum atomic E-state index is -0.269. The smallest absolute Gasteiger partial charge is 0.287 e. The summed E-state index contributed by atoms with van der Waals surface area (Å²) in [5.41, 5.74) is 2.79. The third-order valence-electron chi connectivity index (χ3n) is 6.09. The van der Waals surface area contributed by atoms with E-state index in [1.54, 1.807) is 30.3 Å². The van der Waals surface area contributed by atoms with Crippen LogP contribution in [0.5, 0.6) is 11.5 Å². The van der Waals surface area contributed by atoms with Crippen LogP contribution in [0.25, 0.3) is 0 Å². The Balaban J connectivity index is 1.32. The molecule has 2 amide bonds. The van der Waals surface area contributed by atoms with E-state index in [0.29, 0.717) is 28.5 Å². The molecular formula is C27H26N2O6. The monoisotopic (exact) mass is 474 g/mol. The van der Waals surface area contributed by atoms with Crippen LogP contribution >= 0.6 is 0 Å². The number of para-hydroxylation sites is 1. The van der Waals surface area contributed by atoms with Crippen LogP contribution in [0.1, 0.15) is 50.6 Å². The van der Waals surface area contributed by atoms with Crippen molar-refractivity contribution in [2.75, 3.05) is 18.1 Å². The highest BCUT2D eigenvalue weighted by Gasteiger charge is 2.29. The zero-order chi connectivity index (χ0) is 24.5. The first-order valence-corrected chi connectivity index (χ1v) is 11.6. The molecule has 0 atom stereocenters. The van der Waals surface area contributed by atoms with Crippen LogP contribution in [-0.2, 0) is 11.3 Å². The number of ketones is 1. The number of carbonyl (C=O) groups is 3. The summed E-state index contributed by atoms with van der Waals surface area (Å²) >= 11 is 0. The lowest BCUT2D eigenvalue weighted by molar-refractivity contribution is -0.121. The number of aryl methyl sites for hydroxylation is 2. The molecule has 1 fully saturated rings. The molecule has 0 radical (unpaired) electrons. The van der Waals surface area contributed by atoms with E-state index in [9.17, 15) is 14.4 Å². The third kappa shape index (κ3) is 4.91. The van der Waals surface area contributed by atoms with Gasteiger partial charge >= 0.3 is 0 Å². The largest absolute Gasteiger partial charge is 0.485 e. The van der Waals surface area contributed by atoms with Crippen LogP contribution in [0.4, 0.5) is 5.69 Å². The number of nitrogens with zero attached hydrogens (tertiary/aromatic N) is 1. The van der Waals surface area contributed by atoms with Crippen LogP contribution in [0, 0.1) is 13.8 Å². The van der Waals surface area contributed by atoms with Crippen LogP contribution in [0.15, 0.2) is 52.9 Å². The Bertz CT molecular complexity index is 1290. The summed E-state index contributed by atoms with van der Waals surface area (Å²) in [5.74, 6) is 1.11. The second-order valence-corrected chi connectivity index (χ2v) is 8.90. The van der Waals surface area contributed by atoms with Gasteiger partial charge in [0.2, 0.25) is 0 Å². The molecule has 2 heterocycles. The fourth-order valence-corrected chi connectivity index (χ4v) is 4.02. The van der Waals surface area contributed by atoms with Crippen molar-refractivity contribution < 1.29 is 28.3 Å². The van der Waals surface area contributed by atoms with Crippen molar-refractivity contribution in [3.63, 3.8) is 0 Å². The van der Waals surface area contributed by atoms with Crippen molar-refractivity contribution in [1.29, 1.82) is 0 Å². The lowest BCUT2D eigenvalue weighted by Gasteiger charge is -2.29. The molecule has 2 aromatic carbocycles. The number of anilines is 1. The Hall–Kier alpha value is -4.07. The number of hydrogen-bond donors (Lipinski definition) is 1. The van der Waals surface area contributed by atoms with E-state index in [2.05, 4.69) is 5.32 Å². The summed E-state index contributed by atoms with van der Waals surface area (Å²) in [6.45, 7) is 3.73. The SMILES string of the molecule is Cc1cccc(C)c1OCC(=O)c1ccc2c(c1)N(Cc1ccc(C(=O)NC3CC3)o1)C(=O)CO2. The van der Waals surface area contributed by atoms with E-state index in [4.69, 9.17) is 13.9 Å². The summed E-state index contributed by atoms with van der Waals surface area (Å²) in [5, 5.41) is 2.88. The molecule has 2 aliphatic rings. The van der Waals surface area contributed by atoms with Gasteiger partial charge in [0.25, 0.3) is 11.8 Å². The maximum atomic E-state index is 12.9. The number of Topliss-reactive ketones (excluding diaryl/α,β-unsaturated/α-hetero) is 1. The molecule has 0 unspecified atom stereocenters. The fourth-order valence-electron chi connectivity index (χ4n) is 4.02. The Morgan fingerprint density at radius 2 is 1.86 bits per heavy atom. The number of benzene rings is 2. The number of amides is 2. The average molecular weight is 475 g/mol. The van der Waals surface area contributed by atoms with Gasteiger partial charge in [-0.2, -0.15) is 0 Å². The molecule has 3 aromatic rings. The highest BCUT2D eigenvalue weighted by Crippen LogP contribution is 2.34. The molecule has 0 spiro atoms. The Morgan fingerprint density at radius 1 is 1.09 bits per heavy atom. The van der Waals surface area contributed by atoms with Gasteiger partial charge in [0.1, 0.15) is 17.3 Å². The number of fused-ring (bicyclic) bond motifs is 1. The number of ether oxygens (including phenoxy) is 2. The molecule has 35 heavy (non-hydrogen) atoms. The van der Waals surface area contributed by atoms with Gasteiger partial charge < -0.3 is 19.2 Å². The second-order valence-electron chi connectivity index (χ2n) is 8.90. The van der Waals surface area contributed by atoms with Gasteiger partial charge in [-0.15, -0.1) is 0 Å². The van der Waals surface area contributed by atoms with E-state index in [0.717, 1.165) is 24.0 Å². The summed E-state index contributed by atoms with van der Waals surface area (Å²) in [7, 11) is 0. The van der Waals surface area contributed by atoms with E-state index < -0.39 is 0 Å². The first kappa shape index (κ1) is 22.7. The molecule has 1 aromatic heterocycles. The maximum absolute atomic E-state index is 12.9. The number of rotatable bonds is 8. The average Bonchev–Trinajstić information content (AvgIpc) is 3.53. The summed E-state index contributed by atoms with van der Waals surface area (Å²) in [6.07, 6.45) is 1.96. The fraction of sp³-hybridized carbons (Fsp3) is 0.296. The van der Waals surface area contributed by atoms with Crippen molar-refractivity contribution in [1.82, 2.24) is 5.32 Å². The number of hydrogen-bond acceptors (Lipinski definition) is 6. The van der Waals surface area contributed by atoms with Gasteiger partial charge in [-0.25, -0.2) is 0 Å². The van der Waals surface area contributed by atoms with Gasteiger partial charge in [-0.1, -0.05) is 18.2 Å². The molecule has 1 saturated carbocycles. The molecule has 5 rings (SSSR count). The Labute approximate surface area is 202 Å². The normalized spacial score (nSPS) is 14.8. The molecule has 180 valence electrons. The lowest BCUT2D eigenvalue weighted by Crippen LogP contribution is -2.38. The Morgan fingerprint density at radius 3 is 2.60 bits per heavy atom. The van der Waals surface area contributed by atoms with Crippen LogP contribution in [-0.4, -0.2) is 36.9 Å². The first-order valence-electron chi connectivity index (χ1n) is 11.6. The van der Waals surface area contributed by atoms with Crippen LogP contribution < -0.4 is 19.7 Å². The first-order chi connectivity index (χ1) is 16.9. The Kier molecular flexibility index (Phi) is 6.03. The molecule has 8 heteroatoms. The topological polar surface area (TPSA) is 98.1 Å². The van der Waals surface area contributed by atoms with Crippen molar-refractivity contribution in [3.8, 4) is 11.5 Å². The highest BCUT2D eigenvalue weighted by atomic mass is 16.5. The van der Waals surface area contributed by atoms with E-state index >= 15 is 0 Å².